The van der Waals surface area contributed by atoms with Crippen LogP contribution in [-0.4, -0.2) is 18.4 Å². The predicted octanol–water partition coefficient (Wildman–Crippen LogP) is 2.91. The topological polar surface area (TPSA) is 44.1 Å². The van der Waals surface area contributed by atoms with Gasteiger partial charge in [0, 0.05) is 18.2 Å². The van der Waals surface area contributed by atoms with Gasteiger partial charge in [-0.15, -0.1) is 0 Å². The Morgan fingerprint density at radius 1 is 1.56 bits per heavy atom. The van der Waals surface area contributed by atoms with Crippen LogP contribution in [0.5, 0.6) is 0 Å². The van der Waals surface area contributed by atoms with Gasteiger partial charge in [-0.05, 0) is 31.9 Å². The number of hydrogen-bond acceptors (Lipinski definition) is 3. The molecule has 0 aromatic heterocycles. The summed E-state index contributed by atoms with van der Waals surface area (Å²) in [5.41, 5.74) is 0.766. The molecule has 0 amide bonds. The molecule has 1 saturated carbocycles. The Morgan fingerprint density at radius 3 is 2.83 bits per heavy atom. The lowest BCUT2D eigenvalue weighted by Gasteiger charge is -2.26. The molecule has 0 saturated heterocycles. The first-order valence-corrected chi connectivity index (χ1v) is 6.08. The van der Waals surface area contributed by atoms with Crippen molar-refractivity contribution in [1.82, 2.24) is 0 Å². The van der Waals surface area contributed by atoms with Crippen LogP contribution in [0.2, 0.25) is 0 Å². The lowest BCUT2D eigenvalue weighted by atomic mass is 10.1. The zero-order valence-corrected chi connectivity index (χ0v) is 10.3. The van der Waals surface area contributed by atoms with Gasteiger partial charge in [0.05, 0.1) is 18.2 Å². The number of para-hydroxylation sites is 1. The largest absolute Gasteiger partial charge is 0.365 e. The van der Waals surface area contributed by atoms with Gasteiger partial charge in [0.25, 0.3) is 0 Å². The Hall–Kier alpha value is -1.89. The van der Waals surface area contributed by atoms with E-state index in [0.29, 0.717) is 24.2 Å². The molecule has 3 nitrogen and oxygen atoms in total. The second kappa shape index (κ2) is 5.18. The molecule has 4 heteroatoms. The molecule has 2 rings (SSSR count). The first-order valence-electron chi connectivity index (χ1n) is 6.08. The van der Waals surface area contributed by atoms with Crippen molar-refractivity contribution in [3.63, 3.8) is 0 Å². The number of nitrogens with zero attached hydrogens (tertiary/aromatic N) is 2. The molecule has 0 radical (unpaired) electrons. The van der Waals surface area contributed by atoms with Gasteiger partial charge in [-0.2, -0.15) is 5.26 Å². The van der Waals surface area contributed by atoms with Gasteiger partial charge in [0.2, 0.25) is 0 Å². The predicted molar refractivity (Wildman–Crippen MR) is 67.0 cm³/mol. The summed E-state index contributed by atoms with van der Waals surface area (Å²) in [4.78, 5) is 13.5. The quantitative estimate of drug-likeness (QED) is 0.750. The molecule has 0 bridgehead atoms. The van der Waals surface area contributed by atoms with Crippen molar-refractivity contribution in [1.29, 1.82) is 5.26 Å². The molecule has 0 aliphatic heterocycles. The molecule has 1 fully saturated rings. The summed E-state index contributed by atoms with van der Waals surface area (Å²) in [6.07, 6.45) is 2.33. The monoisotopic (exact) mass is 246 g/mol. The van der Waals surface area contributed by atoms with Gasteiger partial charge < -0.3 is 4.90 Å². The van der Waals surface area contributed by atoms with Gasteiger partial charge in [-0.3, -0.25) is 4.79 Å². The maximum atomic E-state index is 14.0. The first kappa shape index (κ1) is 12.6. The van der Waals surface area contributed by atoms with E-state index < -0.39 is 0 Å². The lowest BCUT2D eigenvalue weighted by Crippen LogP contribution is -2.29. The summed E-state index contributed by atoms with van der Waals surface area (Å²) in [6.45, 7) is 1.91. The molecule has 0 N–H and O–H groups in total. The Kier molecular flexibility index (Phi) is 3.61. The standard InChI is InChI=1S/C14H15FN2O/c1-10(18)12-4-2-5-13(15)14(12)17(9-3-8-16)11-6-7-11/h2,4-5,11H,3,6-7,9H2,1H3. The molecule has 0 unspecified atom stereocenters. The number of ketones is 1. The fourth-order valence-electron chi connectivity index (χ4n) is 2.12. The van der Waals surface area contributed by atoms with E-state index in [1.54, 1.807) is 12.1 Å². The van der Waals surface area contributed by atoms with Crippen LogP contribution >= 0.6 is 0 Å². The number of rotatable bonds is 5. The van der Waals surface area contributed by atoms with E-state index in [9.17, 15) is 9.18 Å². The third kappa shape index (κ3) is 2.51. The number of benzene rings is 1. The van der Waals surface area contributed by atoms with Crippen LogP contribution in [0, 0.1) is 17.1 Å². The van der Waals surface area contributed by atoms with E-state index in [1.807, 2.05) is 4.90 Å². The molecule has 0 atom stereocenters. The highest BCUT2D eigenvalue weighted by Crippen LogP contribution is 2.35. The summed E-state index contributed by atoms with van der Waals surface area (Å²) >= 11 is 0. The lowest BCUT2D eigenvalue weighted by molar-refractivity contribution is 0.101. The maximum Gasteiger partial charge on any atom is 0.161 e. The average molecular weight is 246 g/mol. The van der Waals surface area contributed by atoms with Crippen LogP contribution in [0.25, 0.3) is 0 Å². The Labute approximate surface area is 106 Å². The maximum absolute atomic E-state index is 14.0. The van der Waals surface area contributed by atoms with Crippen molar-refractivity contribution in [2.75, 3.05) is 11.4 Å². The van der Waals surface area contributed by atoms with Crippen molar-refractivity contribution in [3.8, 4) is 6.07 Å². The molecule has 1 aromatic rings. The zero-order valence-electron chi connectivity index (χ0n) is 10.3. The van der Waals surface area contributed by atoms with E-state index in [0.717, 1.165) is 12.8 Å². The minimum Gasteiger partial charge on any atom is -0.365 e. The molecule has 1 aliphatic carbocycles. The smallest absolute Gasteiger partial charge is 0.161 e. The minimum absolute atomic E-state index is 0.146. The second-order valence-electron chi connectivity index (χ2n) is 4.52. The van der Waals surface area contributed by atoms with E-state index >= 15 is 0 Å². The first-order chi connectivity index (χ1) is 8.65. The van der Waals surface area contributed by atoms with Gasteiger partial charge in [0.1, 0.15) is 5.82 Å². The van der Waals surface area contributed by atoms with Crippen molar-refractivity contribution >= 4 is 11.5 Å². The highest BCUT2D eigenvalue weighted by Gasteiger charge is 2.32. The fourth-order valence-corrected chi connectivity index (χ4v) is 2.12. The fraction of sp³-hybridized carbons (Fsp3) is 0.429. The number of hydrogen-bond donors (Lipinski definition) is 0. The van der Waals surface area contributed by atoms with Crippen LogP contribution in [-0.2, 0) is 0 Å². The minimum atomic E-state index is -0.382. The van der Waals surface area contributed by atoms with Gasteiger partial charge >= 0.3 is 0 Å². The van der Waals surface area contributed by atoms with Crippen molar-refractivity contribution in [3.05, 3.63) is 29.6 Å². The van der Waals surface area contributed by atoms with E-state index in [4.69, 9.17) is 5.26 Å². The third-order valence-electron chi connectivity index (χ3n) is 3.11. The van der Waals surface area contributed by atoms with Crippen molar-refractivity contribution in [2.24, 2.45) is 0 Å². The summed E-state index contributed by atoms with van der Waals surface area (Å²) in [7, 11) is 0. The number of anilines is 1. The van der Waals surface area contributed by atoms with Crippen LogP contribution in [0.15, 0.2) is 18.2 Å². The Morgan fingerprint density at radius 2 is 2.28 bits per heavy atom. The van der Waals surface area contributed by atoms with E-state index in [-0.39, 0.29) is 17.6 Å². The molecule has 18 heavy (non-hydrogen) atoms. The SMILES string of the molecule is CC(=O)c1cccc(F)c1N(CCC#N)C1CC1. The van der Waals surface area contributed by atoms with Crippen molar-refractivity contribution < 1.29 is 9.18 Å². The number of nitriles is 1. The Bertz CT molecular complexity index is 503. The molecular weight excluding hydrogens is 231 g/mol. The zero-order chi connectivity index (χ0) is 13.1. The summed E-state index contributed by atoms with van der Waals surface area (Å²) in [5.74, 6) is -0.528. The molecule has 0 heterocycles. The molecular formula is C14H15FN2O. The second-order valence-corrected chi connectivity index (χ2v) is 4.52. The van der Waals surface area contributed by atoms with Crippen LogP contribution in [0.4, 0.5) is 10.1 Å². The van der Waals surface area contributed by atoms with Crippen molar-refractivity contribution in [2.45, 2.75) is 32.2 Å². The Balaban J connectivity index is 2.39. The molecule has 94 valence electrons. The summed E-state index contributed by atoms with van der Waals surface area (Å²) in [6, 6.07) is 6.89. The molecule has 1 aliphatic rings. The average Bonchev–Trinajstić information content (AvgIpc) is 3.15. The highest BCUT2D eigenvalue weighted by molar-refractivity contribution is 6.00. The van der Waals surface area contributed by atoms with E-state index in [1.165, 1.54) is 13.0 Å². The van der Waals surface area contributed by atoms with Gasteiger partial charge in [-0.1, -0.05) is 6.07 Å². The van der Waals surface area contributed by atoms with E-state index in [2.05, 4.69) is 6.07 Å². The third-order valence-corrected chi connectivity index (χ3v) is 3.11. The number of halogens is 1. The number of carbonyl (C=O) groups is 1. The van der Waals surface area contributed by atoms with Gasteiger partial charge in [0.15, 0.2) is 5.78 Å². The summed E-state index contributed by atoms with van der Waals surface area (Å²) in [5, 5.41) is 8.67. The number of Topliss-reactive ketones (excluding diaryl/α,β-unsaturated/α-hetero) is 1. The van der Waals surface area contributed by atoms with Crippen LogP contribution < -0.4 is 4.90 Å². The van der Waals surface area contributed by atoms with Crippen LogP contribution in [0.1, 0.15) is 36.5 Å². The summed E-state index contributed by atoms with van der Waals surface area (Å²) < 4.78 is 14.0. The number of carbonyl (C=O) groups excluding carboxylic acids is 1. The molecule has 1 aromatic carbocycles. The van der Waals surface area contributed by atoms with Gasteiger partial charge in [-0.25, -0.2) is 4.39 Å². The normalized spacial score (nSPS) is 14.1. The molecule has 0 spiro atoms. The van der Waals surface area contributed by atoms with Crippen LogP contribution in [0.3, 0.4) is 0 Å². The highest BCUT2D eigenvalue weighted by atomic mass is 19.1.